The number of phosphoric acid groups is 3. The Kier molecular flexibility index (Phi) is 6.47. The topological polar surface area (TPSA) is 267 Å². The van der Waals surface area contributed by atoms with Crippen molar-refractivity contribution < 1.29 is 56.3 Å². The van der Waals surface area contributed by atoms with Gasteiger partial charge in [0.1, 0.15) is 24.2 Å². The van der Waals surface area contributed by atoms with Crippen molar-refractivity contribution in [2.24, 2.45) is 0 Å². The number of anilines is 1. The number of nitrogens with zero attached hydrogens (tertiary/aromatic N) is 4. The summed E-state index contributed by atoms with van der Waals surface area (Å²) in [5.41, 5.74) is 6.24. The summed E-state index contributed by atoms with van der Waals surface area (Å²) in [5, 5.41) is 10.1. The lowest BCUT2D eigenvalue weighted by atomic mass is 10.2. The molecule has 0 radical (unpaired) electrons. The fourth-order valence-electron chi connectivity index (χ4n) is 2.57. The molecule has 0 amide bonds. The number of nitrogen functional groups attached to an aromatic ring is 1. The summed E-state index contributed by atoms with van der Waals surface area (Å²) in [7, 11) is -17.5. The molecule has 0 aliphatic carbocycles. The van der Waals surface area contributed by atoms with E-state index in [1.54, 1.807) is 0 Å². The van der Waals surface area contributed by atoms with E-state index in [-0.39, 0.29) is 23.4 Å². The van der Waals surface area contributed by atoms with Gasteiger partial charge in [-0.3, -0.25) is 18.3 Å². The molecule has 0 bridgehead atoms. The largest absolute Gasteiger partial charge is 0.756 e. The van der Waals surface area contributed by atoms with E-state index in [1.807, 2.05) is 0 Å². The monoisotopic (exact) mass is 488 g/mol. The molecule has 0 aromatic carbocycles. The van der Waals surface area contributed by atoms with Gasteiger partial charge in [-0.2, -0.15) is 0 Å². The second-order valence-corrected chi connectivity index (χ2v) is 10.1. The van der Waals surface area contributed by atoms with Gasteiger partial charge in [-0.1, -0.05) is 0 Å². The van der Waals surface area contributed by atoms with Crippen molar-refractivity contribution in [1.29, 1.82) is 0 Å². The maximum absolute atomic E-state index is 11.6. The van der Waals surface area contributed by atoms with E-state index in [0.717, 1.165) is 0 Å². The number of hydrogen-bond donors (Lipinski definition) is 3. The molecule has 0 spiro atoms. The normalized spacial score (nSPS) is 28.1. The number of nitrogens with two attached hydrogens (primary N) is 1. The molecule has 2 aromatic heterocycles. The van der Waals surface area contributed by atoms with Gasteiger partial charge < -0.3 is 39.7 Å². The van der Waals surface area contributed by atoms with E-state index in [0.29, 0.717) is 0 Å². The molecule has 168 valence electrons. The number of aromatic nitrogens is 4. The molecule has 1 aliphatic rings. The van der Waals surface area contributed by atoms with Crippen LogP contribution in [0.25, 0.3) is 11.2 Å². The van der Waals surface area contributed by atoms with E-state index in [4.69, 9.17) is 15.4 Å². The Bertz CT molecular complexity index is 1070. The van der Waals surface area contributed by atoms with Gasteiger partial charge in [0.05, 0.1) is 19.0 Å². The molecule has 3 heterocycles. The maximum atomic E-state index is 11.6. The standard InChI is InChI=1S/C10H16N5O12P3/c11-9-8-10(13-3-12-9)15(4-14-8)7-1-5(16)6(25-7)2-24-29(20,21)27-30(22,23)26-28(17,18)19/h3-7,16H,1-2H2,(H,20,21)(H,22,23)(H2,11,12,13)(H2,17,18,19)/p-3/t5?,6-,7-/m1/s1. The predicted molar refractivity (Wildman–Crippen MR) is 87.4 cm³/mol. The number of ether oxygens (including phenoxy) is 1. The third-order valence-corrected chi connectivity index (χ3v) is 7.39. The van der Waals surface area contributed by atoms with Crippen LogP contribution < -0.4 is 20.4 Å². The molecule has 6 atom stereocenters. The molecule has 0 saturated carbocycles. The van der Waals surface area contributed by atoms with Gasteiger partial charge in [-0.05, 0) is 0 Å². The van der Waals surface area contributed by atoms with Gasteiger partial charge in [0, 0.05) is 6.42 Å². The maximum Gasteiger partial charge on any atom is 0.280 e. The molecule has 3 rings (SSSR count). The van der Waals surface area contributed by atoms with Crippen molar-refractivity contribution in [1.82, 2.24) is 19.5 Å². The lowest BCUT2D eigenvalue weighted by Gasteiger charge is -2.33. The lowest BCUT2D eigenvalue weighted by molar-refractivity contribution is -0.250. The van der Waals surface area contributed by atoms with E-state index >= 15 is 0 Å². The Hall–Kier alpha value is -1.32. The summed E-state index contributed by atoms with van der Waals surface area (Å²) >= 11 is 0. The van der Waals surface area contributed by atoms with Gasteiger partial charge in [0.15, 0.2) is 11.5 Å². The Balaban J connectivity index is 1.64. The third-order valence-electron chi connectivity index (χ3n) is 3.70. The van der Waals surface area contributed by atoms with E-state index in [2.05, 4.69) is 28.1 Å². The molecule has 1 fully saturated rings. The number of imidazole rings is 1. The fourth-order valence-corrected chi connectivity index (χ4v) is 5.47. The van der Waals surface area contributed by atoms with Gasteiger partial charge in [0.25, 0.3) is 23.5 Å². The smallest absolute Gasteiger partial charge is 0.280 e. The van der Waals surface area contributed by atoms with Crippen molar-refractivity contribution in [2.75, 3.05) is 12.3 Å². The van der Waals surface area contributed by atoms with Crippen molar-refractivity contribution in [3.8, 4) is 0 Å². The third kappa shape index (κ3) is 5.68. The van der Waals surface area contributed by atoms with Crippen molar-refractivity contribution in [3.05, 3.63) is 12.7 Å². The summed E-state index contributed by atoms with van der Waals surface area (Å²) in [6.45, 7) is -0.893. The molecule has 20 heteroatoms. The Morgan fingerprint density at radius 2 is 1.90 bits per heavy atom. The highest BCUT2D eigenvalue weighted by Crippen LogP contribution is 2.61. The highest BCUT2D eigenvalue weighted by molar-refractivity contribution is 7.65. The van der Waals surface area contributed by atoms with Gasteiger partial charge in [-0.15, -0.1) is 0 Å². The molecule has 4 unspecified atom stereocenters. The van der Waals surface area contributed by atoms with Gasteiger partial charge in [-0.25, -0.2) is 23.6 Å². The van der Waals surface area contributed by atoms with Crippen LogP contribution in [0.2, 0.25) is 0 Å². The second-order valence-electron chi connectivity index (χ2n) is 5.84. The second kappa shape index (κ2) is 8.31. The Labute approximate surface area is 166 Å². The number of rotatable bonds is 8. The van der Waals surface area contributed by atoms with Gasteiger partial charge in [0.2, 0.25) is 0 Å². The molecule has 1 aliphatic heterocycles. The average molecular weight is 488 g/mol. The summed E-state index contributed by atoms with van der Waals surface area (Å²) in [5.74, 6) is 0.108. The predicted octanol–water partition coefficient (Wildman–Crippen LogP) is -2.50. The van der Waals surface area contributed by atoms with Crippen LogP contribution in [-0.2, 0) is 31.6 Å². The van der Waals surface area contributed by atoms with Crippen LogP contribution in [0.4, 0.5) is 5.82 Å². The summed E-state index contributed by atoms with van der Waals surface area (Å²) < 4.78 is 51.0. The highest BCUT2D eigenvalue weighted by Gasteiger charge is 2.37. The zero-order valence-corrected chi connectivity index (χ0v) is 17.2. The first kappa shape index (κ1) is 23.3. The Morgan fingerprint density at radius 3 is 2.57 bits per heavy atom. The van der Waals surface area contributed by atoms with Crippen molar-refractivity contribution in [3.63, 3.8) is 0 Å². The Morgan fingerprint density at radius 1 is 1.20 bits per heavy atom. The highest BCUT2D eigenvalue weighted by atomic mass is 31.3. The molecule has 30 heavy (non-hydrogen) atoms. The van der Waals surface area contributed by atoms with Crippen LogP contribution in [0.15, 0.2) is 12.7 Å². The summed E-state index contributed by atoms with van der Waals surface area (Å²) in [4.78, 5) is 53.3. The van der Waals surface area contributed by atoms with Crippen LogP contribution in [0, 0.1) is 0 Å². The minimum atomic E-state index is -6.01. The van der Waals surface area contributed by atoms with Crippen LogP contribution in [0.1, 0.15) is 12.6 Å². The van der Waals surface area contributed by atoms with Crippen LogP contribution >= 0.6 is 23.5 Å². The first-order valence-corrected chi connectivity index (χ1v) is 12.2. The zero-order chi connectivity index (χ0) is 22.3. The average Bonchev–Trinajstić information content (AvgIpc) is 3.14. The quantitative estimate of drug-likeness (QED) is 0.324. The zero-order valence-electron chi connectivity index (χ0n) is 14.5. The van der Waals surface area contributed by atoms with Gasteiger partial charge >= 0.3 is 0 Å². The number of fused-ring (bicyclic) bond motifs is 1. The number of aliphatic hydroxyl groups excluding tert-OH is 1. The molecular weight excluding hydrogens is 475 g/mol. The molecular formula is C10H13N5O12P3-3. The molecule has 2 aromatic rings. The SMILES string of the molecule is Nc1ncnc2c1ncn2[C@H]1CC(O)[C@@H](COP(=O)([O-])OP(=O)([O-])OP(=O)([O-])O)O1. The minimum Gasteiger partial charge on any atom is -0.756 e. The fraction of sp³-hybridized carbons (Fsp3) is 0.500. The lowest BCUT2D eigenvalue weighted by Crippen LogP contribution is -2.27. The van der Waals surface area contributed by atoms with Crippen molar-refractivity contribution >= 4 is 40.4 Å². The van der Waals surface area contributed by atoms with Crippen molar-refractivity contribution in [2.45, 2.75) is 24.9 Å². The molecule has 4 N–H and O–H groups in total. The number of aliphatic hydroxyl groups is 1. The van der Waals surface area contributed by atoms with E-state index in [9.17, 15) is 33.5 Å². The molecule has 17 nitrogen and oxygen atoms in total. The van der Waals surface area contributed by atoms with Crippen LogP contribution in [0.3, 0.4) is 0 Å². The van der Waals surface area contributed by atoms with E-state index in [1.165, 1.54) is 17.2 Å². The summed E-state index contributed by atoms with van der Waals surface area (Å²) in [6, 6.07) is 0. The number of hydrogen-bond acceptors (Lipinski definition) is 15. The first-order valence-electron chi connectivity index (χ1n) is 7.76. The number of phosphoric ester groups is 1. The summed E-state index contributed by atoms with van der Waals surface area (Å²) in [6.07, 6.45) is -0.897. The van der Waals surface area contributed by atoms with Crippen LogP contribution in [-0.4, -0.2) is 48.3 Å². The first-order chi connectivity index (χ1) is 13.8. The van der Waals surface area contributed by atoms with E-state index < -0.39 is 48.5 Å². The minimum absolute atomic E-state index is 0.0412. The van der Waals surface area contributed by atoms with Crippen LogP contribution in [0.5, 0.6) is 0 Å². The molecule has 1 saturated heterocycles.